The van der Waals surface area contributed by atoms with Gasteiger partial charge in [-0.15, -0.1) is 0 Å². The van der Waals surface area contributed by atoms with Crippen LogP contribution in [0.4, 0.5) is 5.69 Å². The predicted molar refractivity (Wildman–Crippen MR) is 88.5 cm³/mol. The van der Waals surface area contributed by atoms with Gasteiger partial charge in [-0.3, -0.25) is 4.79 Å². The normalized spacial score (nSPS) is 11.2. The molecule has 0 spiro atoms. The van der Waals surface area contributed by atoms with Crippen LogP contribution in [0, 0.1) is 0 Å². The Labute approximate surface area is 152 Å². The fourth-order valence-electron chi connectivity index (χ4n) is 1.88. The topological polar surface area (TPSA) is 58.6 Å². The molecule has 2 rings (SSSR count). The zero-order valence-corrected chi connectivity index (χ0v) is 15.0. The van der Waals surface area contributed by atoms with Crippen molar-refractivity contribution in [1.29, 1.82) is 0 Å². The average molecular weight is 308 g/mol. The third-order valence-corrected chi connectivity index (χ3v) is 2.99. The van der Waals surface area contributed by atoms with Crippen molar-refractivity contribution in [2.75, 3.05) is 11.9 Å². The van der Waals surface area contributed by atoms with Crippen LogP contribution in [0.3, 0.4) is 0 Å². The molecule has 0 aliphatic carbocycles. The van der Waals surface area contributed by atoms with Gasteiger partial charge in [-0.2, -0.15) is 0 Å². The van der Waals surface area contributed by atoms with E-state index in [4.69, 9.17) is 4.74 Å². The SMILES string of the molecule is C[C@@H](O)CNc1cc(OCc2ccccc2)ccc1C=O.[Na]. The molecule has 0 heterocycles. The van der Waals surface area contributed by atoms with Gasteiger partial charge in [0.1, 0.15) is 12.4 Å². The molecule has 111 valence electrons. The Morgan fingerprint density at radius 3 is 2.59 bits per heavy atom. The van der Waals surface area contributed by atoms with Crippen molar-refractivity contribution in [3.8, 4) is 5.75 Å². The zero-order chi connectivity index (χ0) is 15.1. The van der Waals surface area contributed by atoms with Gasteiger partial charge in [-0.25, -0.2) is 0 Å². The van der Waals surface area contributed by atoms with Crippen molar-refractivity contribution in [2.45, 2.75) is 19.6 Å². The second kappa shape index (κ2) is 9.64. The van der Waals surface area contributed by atoms with Crippen LogP contribution < -0.4 is 10.1 Å². The Kier molecular flexibility index (Phi) is 8.20. The summed E-state index contributed by atoms with van der Waals surface area (Å²) in [5.41, 5.74) is 2.29. The quantitative estimate of drug-likeness (QED) is 0.609. The number of nitrogens with one attached hydrogen (secondary N) is 1. The molecule has 0 aliphatic heterocycles. The first-order chi connectivity index (χ1) is 10.2. The number of carbonyl (C=O) groups is 1. The molecule has 0 fully saturated rings. The molecular formula is C17H19NNaO3. The van der Waals surface area contributed by atoms with E-state index in [2.05, 4.69) is 5.32 Å². The number of anilines is 1. The molecular weight excluding hydrogens is 289 g/mol. The van der Waals surface area contributed by atoms with Gasteiger partial charge in [0.25, 0.3) is 0 Å². The van der Waals surface area contributed by atoms with Gasteiger partial charge in [0, 0.05) is 53.4 Å². The second-order valence-electron chi connectivity index (χ2n) is 4.87. The largest absolute Gasteiger partial charge is 0.489 e. The van der Waals surface area contributed by atoms with E-state index in [9.17, 15) is 9.90 Å². The summed E-state index contributed by atoms with van der Waals surface area (Å²) in [5.74, 6) is 0.678. The minimum atomic E-state index is -0.488. The van der Waals surface area contributed by atoms with E-state index in [1.54, 1.807) is 25.1 Å². The summed E-state index contributed by atoms with van der Waals surface area (Å²) >= 11 is 0. The summed E-state index contributed by atoms with van der Waals surface area (Å²) in [7, 11) is 0. The summed E-state index contributed by atoms with van der Waals surface area (Å²) in [5, 5.41) is 12.4. The summed E-state index contributed by atoms with van der Waals surface area (Å²) in [6, 6.07) is 15.1. The number of aldehydes is 1. The van der Waals surface area contributed by atoms with Crippen LogP contribution in [-0.2, 0) is 6.61 Å². The van der Waals surface area contributed by atoms with E-state index < -0.39 is 6.10 Å². The molecule has 0 unspecified atom stereocenters. The molecule has 1 atom stereocenters. The standard InChI is InChI=1S/C17H19NO3.Na/c1-13(20)10-18-17-9-16(8-7-15(17)11-19)21-12-14-5-3-2-4-6-14;/h2-9,11,13,18,20H,10,12H2,1H3;/t13-;/m1./s1. The van der Waals surface area contributed by atoms with Gasteiger partial charge < -0.3 is 15.2 Å². The first kappa shape index (κ1) is 18.7. The number of aliphatic hydroxyl groups is 1. The van der Waals surface area contributed by atoms with Gasteiger partial charge >= 0.3 is 0 Å². The molecule has 0 aromatic heterocycles. The fourth-order valence-corrected chi connectivity index (χ4v) is 1.88. The van der Waals surface area contributed by atoms with Crippen LogP contribution >= 0.6 is 0 Å². The van der Waals surface area contributed by atoms with Gasteiger partial charge in [0.15, 0.2) is 6.29 Å². The van der Waals surface area contributed by atoms with E-state index in [0.717, 1.165) is 11.8 Å². The Morgan fingerprint density at radius 2 is 1.95 bits per heavy atom. The minimum absolute atomic E-state index is 0. The van der Waals surface area contributed by atoms with Gasteiger partial charge in [-0.05, 0) is 24.6 Å². The van der Waals surface area contributed by atoms with Crippen molar-refractivity contribution in [1.82, 2.24) is 0 Å². The van der Waals surface area contributed by atoms with Crippen LogP contribution in [0.5, 0.6) is 5.75 Å². The van der Waals surface area contributed by atoms with Crippen molar-refractivity contribution in [3.63, 3.8) is 0 Å². The summed E-state index contributed by atoms with van der Waals surface area (Å²) < 4.78 is 5.72. The van der Waals surface area contributed by atoms with Gasteiger partial charge in [0.2, 0.25) is 0 Å². The number of hydrogen-bond acceptors (Lipinski definition) is 4. The van der Waals surface area contributed by atoms with Crippen LogP contribution in [-0.4, -0.2) is 53.6 Å². The predicted octanol–water partition coefficient (Wildman–Crippen LogP) is 2.49. The van der Waals surface area contributed by atoms with E-state index in [-0.39, 0.29) is 29.6 Å². The maximum Gasteiger partial charge on any atom is 0.152 e. The number of hydrogen-bond donors (Lipinski definition) is 2. The molecule has 2 aromatic carbocycles. The number of benzene rings is 2. The second-order valence-corrected chi connectivity index (χ2v) is 4.87. The molecule has 0 aliphatic rings. The molecule has 5 heteroatoms. The molecule has 2 aromatic rings. The van der Waals surface area contributed by atoms with Crippen molar-refractivity contribution >= 4 is 41.5 Å². The van der Waals surface area contributed by atoms with Crippen LogP contribution in [0.1, 0.15) is 22.8 Å². The Balaban J connectivity index is 0.00000242. The smallest absolute Gasteiger partial charge is 0.152 e. The minimum Gasteiger partial charge on any atom is -0.489 e. The molecule has 0 saturated carbocycles. The van der Waals surface area contributed by atoms with E-state index >= 15 is 0 Å². The number of ether oxygens (including phenoxy) is 1. The van der Waals surface area contributed by atoms with Crippen molar-refractivity contribution in [2.24, 2.45) is 0 Å². The molecule has 0 amide bonds. The Morgan fingerprint density at radius 1 is 1.23 bits per heavy atom. The number of rotatable bonds is 7. The molecule has 1 radical (unpaired) electrons. The Hall–Kier alpha value is -1.33. The molecule has 4 nitrogen and oxygen atoms in total. The zero-order valence-electron chi connectivity index (χ0n) is 13.0. The molecule has 2 N–H and O–H groups in total. The first-order valence-corrected chi connectivity index (χ1v) is 6.87. The van der Waals surface area contributed by atoms with Crippen molar-refractivity contribution in [3.05, 3.63) is 59.7 Å². The summed E-state index contributed by atoms with van der Waals surface area (Å²) in [4.78, 5) is 11.0. The summed E-state index contributed by atoms with van der Waals surface area (Å²) in [6.45, 7) is 2.53. The van der Waals surface area contributed by atoms with Crippen molar-refractivity contribution < 1.29 is 14.6 Å². The third-order valence-electron chi connectivity index (χ3n) is 2.99. The molecule has 22 heavy (non-hydrogen) atoms. The third kappa shape index (κ3) is 5.81. The maximum absolute atomic E-state index is 11.0. The maximum atomic E-state index is 11.0. The average Bonchev–Trinajstić information content (AvgIpc) is 2.52. The van der Waals surface area contributed by atoms with Crippen LogP contribution in [0.25, 0.3) is 0 Å². The number of aliphatic hydroxyl groups excluding tert-OH is 1. The summed E-state index contributed by atoms with van der Waals surface area (Å²) in [6.07, 6.45) is 0.295. The van der Waals surface area contributed by atoms with Crippen LogP contribution in [0.2, 0.25) is 0 Å². The van der Waals surface area contributed by atoms with E-state index in [1.807, 2.05) is 30.3 Å². The fraction of sp³-hybridized carbons (Fsp3) is 0.235. The first-order valence-electron chi connectivity index (χ1n) is 6.87. The molecule has 0 bridgehead atoms. The van der Waals surface area contributed by atoms with Crippen LogP contribution in [0.15, 0.2) is 48.5 Å². The van der Waals surface area contributed by atoms with Gasteiger partial charge in [0.05, 0.1) is 6.10 Å². The monoisotopic (exact) mass is 308 g/mol. The number of carbonyl (C=O) groups excluding carboxylic acids is 1. The van der Waals surface area contributed by atoms with E-state index in [1.165, 1.54) is 0 Å². The van der Waals surface area contributed by atoms with E-state index in [0.29, 0.717) is 30.2 Å². The molecule has 0 saturated heterocycles. The van der Waals surface area contributed by atoms with Gasteiger partial charge in [-0.1, -0.05) is 30.3 Å². The Bertz CT molecular complexity index is 588.